The lowest BCUT2D eigenvalue weighted by atomic mass is 10.0. The van der Waals surface area contributed by atoms with E-state index in [2.05, 4.69) is 5.32 Å². The van der Waals surface area contributed by atoms with Crippen LogP contribution in [0.3, 0.4) is 0 Å². The summed E-state index contributed by atoms with van der Waals surface area (Å²) in [4.78, 5) is 38.0. The summed E-state index contributed by atoms with van der Waals surface area (Å²) in [6.45, 7) is 2.94. The Morgan fingerprint density at radius 3 is 2.64 bits per heavy atom. The average molecular weight is 343 g/mol. The van der Waals surface area contributed by atoms with Crippen LogP contribution in [-0.4, -0.2) is 40.4 Å². The highest BCUT2D eigenvalue weighted by Crippen LogP contribution is 2.17. The summed E-state index contributed by atoms with van der Waals surface area (Å²) in [5.41, 5.74) is 0.388. The third kappa shape index (κ3) is 3.99. The van der Waals surface area contributed by atoms with Gasteiger partial charge in [-0.1, -0.05) is 6.07 Å². The minimum Gasteiger partial charge on any atom is -0.469 e. The summed E-state index contributed by atoms with van der Waals surface area (Å²) in [6.07, 6.45) is 4.49. The zero-order valence-corrected chi connectivity index (χ0v) is 14.1. The zero-order chi connectivity index (χ0) is 17.8. The van der Waals surface area contributed by atoms with E-state index in [-0.39, 0.29) is 30.0 Å². The molecule has 0 atom stereocenters. The molecule has 2 aromatic heterocycles. The number of likely N-dealkylation sites (tertiary alicyclic amines) is 1. The number of furan rings is 1. The lowest BCUT2D eigenvalue weighted by molar-refractivity contribution is -0.122. The second-order valence-electron chi connectivity index (χ2n) is 6.19. The van der Waals surface area contributed by atoms with Crippen LogP contribution in [0.5, 0.6) is 0 Å². The monoisotopic (exact) mass is 343 g/mol. The van der Waals surface area contributed by atoms with Crippen molar-refractivity contribution in [2.24, 2.45) is 0 Å². The highest BCUT2D eigenvalue weighted by molar-refractivity contribution is 5.95. The molecule has 2 amide bonds. The normalized spacial score (nSPS) is 15.2. The van der Waals surface area contributed by atoms with Crippen LogP contribution >= 0.6 is 0 Å². The summed E-state index contributed by atoms with van der Waals surface area (Å²) in [5.74, 6) is 0.393. The van der Waals surface area contributed by atoms with Gasteiger partial charge in [0.15, 0.2) is 0 Å². The van der Waals surface area contributed by atoms with E-state index in [1.807, 2.05) is 0 Å². The number of nitrogens with zero attached hydrogens (tertiary/aromatic N) is 2. The topological polar surface area (TPSA) is 84.6 Å². The molecule has 0 aliphatic carbocycles. The van der Waals surface area contributed by atoms with E-state index < -0.39 is 0 Å². The van der Waals surface area contributed by atoms with Gasteiger partial charge in [-0.25, -0.2) is 0 Å². The van der Waals surface area contributed by atoms with Crippen molar-refractivity contribution in [3.05, 3.63) is 58.4 Å². The molecule has 0 saturated carbocycles. The minimum atomic E-state index is -0.200. The molecule has 0 radical (unpaired) electrons. The number of carbonyl (C=O) groups is 2. The third-order valence-corrected chi connectivity index (χ3v) is 4.45. The van der Waals surface area contributed by atoms with E-state index in [1.54, 1.807) is 36.2 Å². The Labute approximate surface area is 145 Å². The number of nitrogens with one attached hydrogen (secondary N) is 1. The van der Waals surface area contributed by atoms with Crippen LogP contribution in [0.1, 0.15) is 29.0 Å². The van der Waals surface area contributed by atoms with Crippen molar-refractivity contribution in [2.45, 2.75) is 32.4 Å². The molecule has 1 aliphatic heterocycles. The smallest absolute Gasteiger partial charge is 0.257 e. The fourth-order valence-corrected chi connectivity index (χ4v) is 3.02. The molecule has 25 heavy (non-hydrogen) atoms. The number of hydrogen-bond acceptors (Lipinski definition) is 4. The van der Waals surface area contributed by atoms with Crippen LogP contribution in [0.4, 0.5) is 0 Å². The molecule has 7 nitrogen and oxygen atoms in total. The molecule has 1 aliphatic rings. The van der Waals surface area contributed by atoms with Gasteiger partial charge in [0.05, 0.1) is 11.8 Å². The van der Waals surface area contributed by atoms with Crippen molar-refractivity contribution in [1.29, 1.82) is 0 Å². The minimum absolute atomic E-state index is 0.00698. The Balaban J connectivity index is 1.50. The van der Waals surface area contributed by atoms with Gasteiger partial charge in [-0.3, -0.25) is 14.4 Å². The molecular formula is C18H21N3O4. The standard InChI is InChI=1S/C18H21N3O4/c1-13-15(7-11-25-13)18(24)20-9-5-14(6-10-20)19-16(22)12-21-8-3-2-4-17(21)23/h2-4,7-8,11,14H,5-6,9-10,12H2,1H3,(H,19,22). The van der Waals surface area contributed by atoms with E-state index in [1.165, 1.54) is 16.9 Å². The molecule has 7 heteroatoms. The van der Waals surface area contributed by atoms with Crippen LogP contribution in [0.2, 0.25) is 0 Å². The molecular weight excluding hydrogens is 322 g/mol. The lowest BCUT2D eigenvalue weighted by Gasteiger charge is -2.32. The molecule has 0 bridgehead atoms. The predicted octanol–water partition coefficient (Wildman–Crippen LogP) is 1.17. The third-order valence-electron chi connectivity index (χ3n) is 4.45. The highest BCUT2D eigenvalue weighted by Gasteiger charge is 2.26. The quantitative estimate of drug-likeness (QED) is 0.903. The van der Waals surface area contributed by atoms with Crippen molar-refractivity contribution in [3.63, 3.8) is 0 Å². The number of amides is 2. The number of rotatable bonds is 4. The Kier molecular flexibility index (Phi) is 5.02. The first-order valence-corrected chi connectivity index (χ1v) is 8.33. The van der Waals surface area contributed by atoms with Crippen molar-refractivity contribution in [1.82, 2.24) is 14.8 Å². The Morgan fingerprint density at radius 2 is 2.00 bits per heavy atom. The van der Waals surface area contributed by atoms with Gasteiger partial charge in [0, 0.05) is 31.4 Å². The predicted molar refractivity (Wildman–Crippen MR) is 91.2 cm³/mol. The maximum atomic E-state index is 12.4. The fraction of sp³-hybridized carbons (Fsp3) is 0.389. The summed E-state index contributed by atoms with van der Waals surface area (Å²) in [7, 11) is 0. The first-order chi connectivity index (χ1) is 12.0. The van der Waals surface area contributed by atoms with Crippen molar-refractivity contribution >= 4 is 11.8 Å². The van der Waals surface area contributed by atoms with Gasteiger partial charge in [-0.05, 0) is 31.9 Å². The molecule has 132 valence electrons. The Morgan fingerprint density at radius 1 is 1.24 bits per heavy atom. The van der Waals surface area contributed by atoms with Gasteiger partial charge in [-0.15, -0.1) is 0 Å². The summed E-state index contributed by atoms with van der Waals surface area (Å²) < 4.78 is 6.55. The fourth-order valence-electron chi connectivity index (χ4n) is 3.02. The highest BCUT2D eigenvalue weighted by atomic mass is 16.3. The molecule has 1 fully saturated rings. The van der Waals surface area contributed by atoms with Crippen LogP contribution in [-0.2, 0) is 11.3 Å². The molecule has 0 unspecified atom stereocenters. The van der Waals surface area contributed by atoms with Gasteiger partial charge in [0.25, 0.3) is 11.5 Å². The molecule has 2 aromatic rings. The van der Waals surface area contributed by atoms with Gasteiger partial charge in [0.1, 0.15) is 12.3 Å². The molecule has 3 rings (SSSR count). The lowest BCUT2D eigenvalue weighted by Crippen LogP contribution is -2.47. The number of carbonyl (C=O) groups excluding carboxylic acids is 2. The average Bonchev–Trinajstić information content (AvgIpc) is 3.03. The van der Waals surface area contributed by atoms with Crippen molar-refractivity contribution in [3.8, 4) is 0 Å². The van der Waals surface area contributed by atoms with E-state index in [9.17, 15) is 14.4 Å². The molecule has 0 spiro atoms. The SMILES string of the molecule is Cc1occc1C(=O)N1CCC(NC(=O)Cn2ccccc2=O)CC1. The molecule has 1 saturated heterocycles. The van der Waals surface area contributed by atoms with Gasteiger partial charge < -0.3 is 19.2 Å². The van der Waals surface area contributed by atoms with Crippen LogP contribution in [0.15, 0.2) is 45.9 Å². The molecule has 3 heterocycles. The maximum Gasteiger partial charge on any atom is 0.257 e. The van der Waals surface area contributed by atoms with Gasteiger partial charge in [-0.2, -0.15) is 0 Å². The van der Waals surface area contributed by atoms with Crippen LogP contribution in [0.25, 0.3) is 0 Å². The van der Waals surface area contributed by atoms with Gasteiger partial charge in [0.2, 0.25) is 5.91 Å². The second-order valence-corrected chi connectivity index (χ2v) is 6.19. The summed E-state index contributed by atoms with van der Waals surface area (Å²) in [6, 6.07) is 6.49. The number of hydrogen-bond donors (Lipinski definition) is 1. The Bertz CT molecular complexity index is 815. The second kappa shape index (κ2) is 7.38. The molecule has 1 N–H and O–H groups in total. The molecule has 0 aromatic carbocycles. The van der Waals surface area contributed by atoms with Crippen LogP contribution < -0.4 is 10.9 Å². The maximum absolute atomic E-state index is 12.4. The first kappa shape index (κ1) is 17.0. The van der Waals surface area contributed by atoms with Crippen LogP contribution in [0, 0.1) is 6.92 Å². The van der Waals surface area contributed by atoms with E-state index in [0.29, 0.717) is 37.3 Å². The van der Waals surface area contributed by atoms with E-state index in [0.717, 1.165) is 0 Å². The number of piperidine rings is 1. The number of pyridine rings is 1. The summed E-state index contributed by atoms with van der Waals surface area (Å²) >= 11 is 0. The van der Waals surface area contributed by atoms with E-state index in [4.69, 9.17) is 4.42 Å². The van der Waals surface area contributed by atoms with Crippen molar-refractivity contribution in [2.75, 3.05) is 13.1 Å². The number of aromatic nitrogens is 1. The van der Waals surface area contributed by atoms with E-state index >= 15 is 0 Å². The largest absolute Gasteiger partial charge is 0.469 e. The Hall–Kier alpha value is -2.83. The summed E-state index contributed by atoms with van der Waals surface area (Å²) in [5, 5.41) is 2.95. The zero-order valence-electron chi connectivity index (χ0n) is 14.1. The van der Waals surface area contributed by atoms with Crippen molar-refractivity contribution < 1.29 is 14.0 Å². The number of aryl methyl sites for hydroxylation is 1. The first-order valence-electron chi connectivity index (χ1n) is 8.33. The van der Waals surface area contributed by atoms with Gasteiger partial charge >= 0.3 is 0 Å².